The first kappa shape index (κ1) is 20.6. The van der Waals surface area contributed by atoms with Crippen LogP contribution in [0.4, 0.5) is 10.8 Å². The Hall–Kier alpha value is -3.63. The maximum atomic E-state index is 13.0. The third kappa shape index (κ3) is 3.66. The van der Waals surface area contributed by atoms with Crippen LogP contribution in [-0.2, 0) is 9.59 Å². The molecule has 31 heavy (non-hydrogen) atoms. The Balaban J connectivity index is 1.96. The zero-order chi connectivity index (χ0) is 22.3. The molecule has 3 aromatic rings. The number of nitro benzene ring substituents is 1. The van der Waals surface area contributed by atoms with Crippen molar-refractivity contribution < 1.29 is 19.6 Å². The van der Waals surface area contributed by atoms with Gasteiger partial charge in [-0.05, 0) is 36.8 Å². The Kier molecular flexibility index (Phi) is 5.25. The number of rotatable bonds is 4. The highest BCUT2D eigenvalue weighted by atomic mass is 35.5. The fourth-order valence-electron chi connectivity index (χ4n) is 3.30. The quantitative estimate of drug-likeness (QED) is 0.206. The van der Waals surface area contributed by atoms with Gasteiger partial charge in [0.05, 0.1) is 16.5 Å². The lowest BCUT2D eigenvalue weighted by Crippen LogP contribution is -2.29. The summed E-state index contributed by atoms with van der Waals surface area (Å²) in [5.41, 5.74) is 0.117. The highest BCUT2D eigenvalue weighted by Gasteiger charge is 2.48. The summed E-state index contributed by atoms with van der Waals surface area (Å²) in [6.45, 7) is 1.69. The van der Waals surface area contributed by atoms with Gasteiger partial charge >= 0.3 is 5.91 Å². The van der Waals surface area contributed by atoms with Gasteiger partial charge in [0.15, 0.2) is 0 Å². The number of carbonyl (C=O) groups is 2. The van der Waals surface area contributed by atoms with Gasteiger partial charge < -0.3 is 5.11 Å². The van der Waals surface area contributed by atoms with Crippen molar-refractivity contribution in [1.82, 2.24) is 10.2 Å². The molecule has 9 nitrogen and oxygen atoms in total. The molecule has 1 N–H and O–H groups in total. The third-order valence-electron chi connectivity index (χ3n) is 4.68. The highest BCUT2D eigenvalue weighted by Crippen LogP contribution is 2.43. The molecule has 2 heterocycles. The van der Waals surface area contributed by atoms with E-state index in [9.17, 15) is 24.8 Å². The van der Waals surface area contributed by atoms with E-state index in [4.69, 9.17) is 11.6 Å². The first-order valence-corrected chi connectivity index (χ1v) is 10.1. The second-order valence-corrected chi connectivity index (χ2v) is 8.23. The first-order valence-electron chi connectivity index (χ1n) is 8.89. The second kappa shape index (κ2) is 7.89. The molecule has 4 rings (SSSR count). The number of Topliss-reactive ketones (excluding diaryl/α,β-unsaturated/α-hetero) is 1. The lowest BCUT2D eigenvalue weighted by molar-refractivity contribution is -0.384. The van der Waals surface area contributed by atoms with Crippen LogP contribution >= 0.6 is 22.9 Å². The molecule has 1 aliphatic rings. The highest BCUT2D eigenvalue weighted by molar-refractivity contribution is 7.15. The Morgan fingerprint density at radius 1 is 1.19 bits per heavy atom. The molecule has 0 radical (unpaired) electrons. The van der Waals surface area contributed by atoms with Gasteiger partial charge in [0.25, 0.3) is 11.5 Å². The van der Waals surface area contributed by atoms with Crippen molar-refractivity contribution in [1.29, 1.82) is 0 Å². The van der Waals surface area contributed by atoms with E-state index < -0.39 is 28.4 Å². The van der Waals surface area contributed by atoms with Crippen LogP contribution in [0.2, 0.25) is 5.02 Å². The molecule has 1 atom stereocenters. The van der Waals surface area contributed by atoms with E-state index in [-0.39, 0.29) is 27.5 Å². The Morgan fingerprint density at radius 3 is 2.52 bits per heavy atom. The number of aromatic nitrogens is 2. The molecule has 0 spiro atoms. The van der Waals surface area contributed by atoms with Crippen LogP contribution in [0.3, 0.4) is 0 Å². The summed E-state index contributed by atoms with van der Waals surface area (Å²) < 4.78 is 0. The molecular weight excluding hydrogens is 444 g/mol. The van der Waals surface area contributed by atoms with Crippen molar-refractivity contribution in [2.24, 2.45) is 0 Å². The molecule has 1 aromatic heterocycles. The summed E-state index contributed by atoms with van der Waals surface area (Å²) in [6.07, 6.45) is 0. The fraction of sp³-hybridized carbons (Fsp3) is 0.100. The molecule has 156 valence electrons. The minimum atomic E-state index is -1.12. The van der Waals surface area contributed by atoms with Crippen molar-refractivity contribution in [2.45, 2.75) is 13.0 Å². The fourth-order valence-corrected chi connectivity index (χ4v) is 4.14. The number of ketones is 1. The molecule has 0 bridgehead atoms. The van der Waals surface area contributed by atoms with Gasteiger partial charge in [-0.3, -0.25) is 24.6 Å². The number of carbonyl (C=O) groups excluding carboxylic acids is 2. The summed E-state index contributed by atoms with van der Waals surface area (Å²) in [6, 6.07) is 10.5. The summed E-state index contributed by atoms with van der Waals surface area (Å²) in [4.78, 5) is 37.7. The lowest BCUT2D eigenvalue weighted by Gasteiger charge is -2.22. The summed E-state index contributed by atoms with van der Waals surface area (Å²) in [5.74, 6) is -2.27. The Bertz CT molecular complexity index is 1250. The topological polar surface area (TPSA) is 127 Å². The van der Waals surface area contributed by atoms with Crippen LogP contribution in [0.5, 0.6) is 0 Å². The number of anilines is 1. The largest absolute Gasteiger partial charge is 0.507 e. The molecule has 0 saturated carbocycles. The number of benzene rings is 2. The number of hydrogen-bond donors (Lipinski definition) is 1. The normalized spacial score (nSPS) is 17.9. The SMILES string of the molecule is Cc1nnc(N2C(=O)C(=O)C(=C(O)c3ccc(Cl)cc3)[C@H]2c2cccc([N+](=O)[O-])c2)s1. The van der Waals surface area contributed by atoms with Crippen LogP contribution in [0.15, 0.2) is 54.1 Å². The van der Waals surface area contributed by atoms with Gasteiger partial charge in [0, 0.05) is 22.7 Å². The molecule has 0 aliphatic carbocycles. The average molecular weight is 457 g/mol. The first-order chi connectivity index (χ1) is 14.8. The number of amides is 1. The number of aliphatic hydroxyl groups excluding tert-OH is 1. The number of nitro groups is 1. The van der Waals surface area contributed by atoms with Crippen LogP contribution < -0.4 is 4.90 Å². The van der Waals surface area contributed by atoms with Gasteiger partial charge in [-0.2, -0.15) is 0 Å². The van der Waals surface area contributed by atoms with Gasteiger partial charge in [-0.15, -0.1) is 10.2 Å². The number of non-ortho nitro benzene ring substituents is 1. The van der Waals surface area contributed by atoms with Crippen LogP contribution in [-0.4, -0.2) is 31.9 Å². The van der Waals surface area contributed by atoms with E-state index in [1.54, 1.807) is 13.0 Å². The van der Waals surface area contributed by atoms with E-state index >= 15 is 0 Å². The minimum absolute atomic E-state index is 0.145. The van der Waals surface area contributed by atoms with E-state index in [1.807, 2.05) is 0 Å². The third-order valence-corrected chi connectivity index (χ3v) is 5.77. The van der Waals surface area contributed by atoms with Gasteiger partial charge in [-0.25, -0.2) is 0 Å². The monoisotopic (exact) mass is 456 g/mol. The smallest absolute Gasteiger partial charge is 0.301 e. The summed E-state index contributed by atoms with van der Waals surface area (Å²) in [7, 11) is 0. The molecule has 0 unspecified atom stereocenters. The number of aryl methyl sites for hydroxylation is 1. The van der Waals surface area contributed by atoms with Crippen LogP contribution in [0.25, 0.3) is 5.76 Å². The van der Waals surface area contributed by atoms with Gasteiger partial charge in [-0.1, -0.05) is 35.1 Å². The molecule has 1 amide bonds. The van der Waals surface area contributed by atoms with E-state index in [0.717, 1.165) is 16.2 Å². The molecule has 1 fully saturated rings. The maximum absolute atomic E-state index is 13.0. The Morgan fingerprint density at radius 2 is 1.90 bits per heavy atom. The van der Waals surface area contributed by atoms with E-state index in [0.29, 0.717) is 10.0 Å². The molecule has 1 aliphatic heterocycles. The molecule has 1 saturated heterocycles. The van der Waals surface area contributed by atoms with E-state index in [1.165, 1.54) is 42.5 Å². The number of aliphatic hydroxyl groups is 1. The minimum Gasteiger partial charge on any atom is -0.507 e. The van der Waals surface area contributed by atoms with Crippen molar-refractivity contribution in [3.8, 4) is 0 Å². The predicted molar refractivity (Wildman–Crippen MR) is 114 cm³/mol. The van der Waals surface area contributed by atoms with E-state index in [2.05, 4.69) is 10.2 Å². The second-order valence-electron chi connectivity index (χ2n) is 6.63. The van der Waals surface area contributed by atoms with Crippen LogP contribution in [0, 0.1) is 17.0 Å². The maximum Gasteiger partial charge on any atom is 0.301 e. The van der Waals surface area contributed by atoms with Gasteiger partial charge in [0.2, 0.25) is 5.13 Å². The van der Waals surface area contributed by atoms with Gasteiger partial charge in [0.1, 0.15) is 10.8 Å². The molecular formula is C20H13ClN4O5S. The predicted octanol–water partition coefficient (Wildman–Crippen LogP) is 4.03. The van der Waals surface area contributed by atoms with Crippen molar-refractivity contribution in [3.63, 3.8) is 0 Å². The standard InChI is InChI=1S/C20H13ClN4O5S/c1-10-22-23-20(31-10)24-16(12-3-2-4-14(9-12)25(29)30)15(18(27)19(24)28)17(26)11-5-7-13(21)8-6-11/h2-9,16,26H,1H3/t16-/m1/s1. The number of nitrogens with zero attached hydrogens (tertiary/aromatic N) is 4. The molecule has 11 heteroatoms. The number of halogens is 1. The lowest BCUT2D eigenvalue weighted by atomic mass is 9.95. The number of hydrogen-bond acceptors (Lipinski definition) is 8. The average Bonchev–Trinajstić information content (AvgIpc) is 3.29. The summed E-state index contributed by atoms with van der Waals surface area (Å²) in [5, 5.41) is 31.2. The zero-order valence-corrected chi connectivity index (χ0v) is 17.4. The molecule has 2 aromatic carbocycles. The van der Waals surface area contributed by atoms with Crippen molar-refractivity contribution in [3.05, 3.63) is 85.4 Å². The Labute approximate surface area is 184 Å². The van der Waals surface area contributed by atoms with Crippen LogP contribution in [0.1, 0.15) is 22.2 Å². The zero-order valence-electron chi connectivity index (χ0n) is 15.9. The summed E-state index contributed by atoms with van der Waals surface area (Å²) >= 11 is 6.99. The van der Waals surface area contributed by atoms with Crippen molar-refractivity contribution in [2.75, 3.05) is 4.90 Å². The van der Waals surface area contributed by atoms with Crippen molar-refractivity contribution >= 4 is 51.2 Å².